The summed E-state index contributed by atoms with van der Waals surface area (Å²) in [6.07, 6.45) is 0.887. The van der Waals surface area contributed by atoms with Gasteiger partial charge in [0.25, 0.3) is 0 Å². The van der Waals surface area contributed by atoms with Gasteiger partial charge < -0.3 is 11.1 Å². The van der Waals surface area contributed by atoms with Crippen molar-refractivity contribution in [2.24, 2.45) is 5.73 Å². The second-order valence-corrected chi connectivity index (χ2v) is 4.33. The van der Waals surface area contributed by atoms with E-state index in [2.05, 4.69) is 5.32 Å². The van der Waals surface area contributed by atoms with E-state index in [0.717, 1.165) is 12.2 Å². The highest BCUT2D eigenvalue weighted by molar-refractivity contribution is 7.99. The Morgan fingerprint density at radius 1 is 1.44 bits per heavy atom. The average molecular weight is 242 g/mol. The second-order valence-electron chi connectivity index (χ2n) is 3.22. The van der Waals surface area contributed by atoms with E-state index in [1.54, 1.807) is 12.1 Å². The number of nitrogens with two attached hydrogens (primary N) is 1. The number of para-hydroxylation sites is 1. The zero-order chi connectivity index (χ0) is 11.8. The Kier molecular flexibility index (Phi) is 5.88. The standard InChI is InChI=1S/C11H15FN2OS/c12-9-4-1-2-5-10(9)14-11(15)8-16-7-3-6-13/h1-2,4-5H,3,6-8,13H2,(H,14,15). The number of nitrogens with one attached hydrogen (secondary N) is 1. The first-order valence-electron chi connectivity index (χ1n) is 5.06. The van der Waals surface area contributed by atoms with Gasteiger partial charge in [-0.25, -0.2) is 4.39 Å². The highest BCUT2D eigenvalue weighted by atomic mass is 32.2. The van der Waals surface area contributed by atoms with Gasteiger partial charge in [-0.1, -0.05) is 12.1 Å². The van der Waals surface area contributed by atoms with Gasteiger partial charge in [0.2, 0.25) is 5.91 Å². The van der Waals surface area contributed by atoms with Crippen LogP contribution in [0.5, 0.6) is 0 Å². The minimum absolute atomic E-state index is 0.188. The minimum atomic E-state index is -0.414. The molecule has 1 amide bonds. The monoisotopic (exact) mass is 242 g/mol. The third-order valence-corrected chi connectivity index (χ3v) is 2.92. The molecule has 88 valence electrons. The largest absolute Gasteiger partial charge is 0.330 e. The topological polar surface area (TPSA) is 55.1 Å². The number of rotatable bonds is 6. The van der Waals surface area contributed by atoms with Crippen molar-refractivity contribution in [3.63, 3.8) is 0 Å². The summed E-state index contributed by atoms with van der Waals surface area (Å²) in [7, 11) is 0. The third-order valence-electron chi connectivity index (χ3n) is 1.87. The van der Waals surface area contributed by atoms with Gasteiger partial charge in [0.15, 0.2) is 0 Å². The molecule has 1 rings (SSSR count). The molecule has 3 nitrogen and oxygen atoms in total. The summed E-state index contributed by atoms with van der Waals surface area (Å²) >= 11 is 1.50. The van der Waals surface area contributed by atoms with Crippen LogP contribution in [0.1, 0.15) is 6.42 Å². The van der Waals surface area contributed by atoms with Gasteiger partial charge >= 0.3 is 0 Å². The molecule has 0 fully saturated rings. The molecule has 0 aliphatic carbocycles. The molecule has 0 aliphatic heterocycles. The first-order valence-corrected chi connectivity index (χ1v) is 6.21. The van der Waals surface area contributed by atoms with Crippen molar-refractivity contribution in [3.8, 4) is 0 Å². The molecule has 1 aromatic carbocycles. The maximum atomic E-state index is 13.2. The highest BCUT2D eigenvalue weighted by Crippen LogP contribution is 2.13. The Balaban J connectivity index is 2.32. The molecule has 16 heavy (non-hydrogen) atoms. The van der Waals surface area contributed by atoms with Crippen molar-refractivity contribution < 1.29 is 9.18 Å². The van der Waals surface area contributed by atoms with Gasteiger partial charge in [0, 0.05) is 0 Å². The lowest BCUT2D eigenvalue weighted by Crippen LogP contribution is -2.15. The van der Waals surface area contributed by atoms with Crippen molar-refractivity contribution in [1.82, 2.24) is 0 Å². The number of halogens is 1. The predicted molar refractivity (Wildman–Crippen MR) is 66.0 cm³/mol. The van der Waals surface area contributed by atoms with E-state index in [1.807, 2.05) is 0 Å². The molecule has 0 atom stereocenters. The molecule has 0 radical (unpaired) electrons. The quantitative estimate of drug-likeness (QED) is 0.748. The Morgan fingerprint density at radius 3 is 2.88 bits per heavy atom. The molecule has 3 N–H and O–H groups in total. The van der Waals surface area contributed by atoms with Crippen LogP contribution in [-0.2, 0) is 4.79 Å². The van der Waals surface area contributed by atoms with Crippen LogP contribution in [0.2, 0.25) is 0 Å². The second kappa shape index (κ2) is 7.24. The van der Waals surface area contributed by atoms with E-state index in [-0.39, 0.29) is 11.6 Å². The van der Waals surface area contributed by atoms with Crippen molar-refractivity contribution in [2.75, 3.05) is 23.4 Å². The molecule has 0 aliphatic rings. The summed E-state index contributed by atoms with van der Waals surface area (Å²) < 4.78 is 13.2. The van der Waals surface area contributed by atoms with E-state index in [0.29, 0.717) is 12.3 Å². The van der Waals surface area contributed by atoms with Crippen LogP contribution in [0, 0.1) is 5.82 Å². The number of carbonyl (C=O) groups excluding carboxylic acids is 1. The molecule has 0 saturated heterocycles. The summed E-state index contributed by atoms with van der Waals surface area (Å²) in [6.45, 7) is 0.627. The van der Waals surface area contributed by atoms with E-state index < -0.39 is 5.82 Å². The third kappa shape index (κ3) is 4.63. The van der Waals surface area contributed by atoms with Crippen LogP contribution < -0.4 is 11.1 Å². The number of amides is 1. The zero-order valence-corrected chi connectivity index (χ0v) is 9.73. The molecule has 1 aromatic rings. The molecule has 0 saturated carbocycles. The van der Waals surface area contributed by atoms with Gasteiger partial charge in [-0.3, -0.25) is 4.79 Å². The Bertz CT molecular complexity index is 347. The normalized spacial score (nSPS) is 10.1. The fraction of sp³-hybridized carbons (Fsp3) is 0.364. The fourth-order valence-corrected chi connectivity index (χ4v) is 1.87. The van der Waals surface area contributed by atoms with E-state index in [9.17, 15) is 9.18 Å². The van der Waals surface area contributed by atoms with Crippen LogP contribution in [0.3, 0.4) is 0 Å². The smallest absolute Gasteiger partial charge is 0.234 e. The predicted octanol–water partition coefficient (Wildman–Crippen LogP) is 1.85. The lowest BCUT2D eigenvalue weighted by atomic mass is 10.3. The highest BCUT2D eigenvalue weighted by Gasteiger charge is 2.05. The molecule has 0 spiro atoms. The molecule has 0 bridgehead atoms. The summed E-state index contributed by atoms with van der Waals surface area (Å²) in [5.74, 6) is 0.574. The number of hydrogen-bond donors (Lipinski definition) is 2. The number of carbonyl (C=O) groups is 1. The van der Waals surface area contributed by atoms with Crippen LogP contribution >= 0.6 is 11.8 Å². The van der Waals surface area contributed by atoms with E-state index in [4.69, 9.17) is 5.73 Å². The fourth-order valence-electron chi connectivity index (χ4n) is 1.10. The van der Waals surface area contributed by atoms with Crippen LogP contribution in [0.15, 0.2) is 24.3 Å². The van der Waals surface area contributed by atoms with Crippen LogP contribution in [0.25, 0.3) is 0 Å². The first kappa shape index (κ1) is 13.0. The Morgan fingerprint density at radius 2 is 2.19 bits per heavy atom. The first-order chi connectivity index (χ1) is 7.74. The maximum Gasteiger partial charge on any atom is 0.234 e. The van der Waals surface area contributed by atoms with E-state index >= 15 is 0 Å². The number of thioether (sulfide) groups is 1. The summed E-state index contributed by atoms with van der Waals surface area (Å²) in [4.78, 5) is 11.4. The summed E-state index contributed by atoms with van der Waals surface area (Å²) in [5, 5.41) is 2.52. The number of benzene rings is 1. The van der Waals surface area contributed by atoms with Gasteiger partial charge in [-0.05, 0) is 30.9 Å². The van der Waals surface area contributed by atoms with Crippen LogP contribution in [-0.4, -0.2) is 24.0 Å². The summed E-state index contributed by atoms with van der Waals surface area (Å²) in [6, 6.07) is 6.12. The lowest BCUT2D eigenvalue weighted by molar-refractivity contribution is -0.113. The summed E-state index contributed by atoms with van der Waals surface area (Å²) in [5.41, 5.74) is 5.55. The molecule has 0 aromatic heterocycles. The molecular weight excluding hydrogens is 227 g/mol. The van der Waals surface area contributed by atoms with Crippen molar-refractivity contribution in [1.29, 1.82) is 0 Å². The molecule has 5 heteroatoms. The van der Waals surface area contributed by atoms with Crippen molar-refractivity contribution >= 4 is 23.4 Å². The van der Waals surface area contributed by atoms with Gasteiger partial charge in [0.05, 0.1) is 11.4 Å². The SMILES string of the molecule is NCCCSCC(=O)Nc1ccccc1F. The Hall–Kier alpha value is -1.07. The maximum absolute atomic E-state index is 13.2. The molecule has 0 heterocycles. The van der Waals surface area contributed by atoms with Crippen molar-refractivity contribution in [3.05, 3.63) is 30.1 Å². The number of anilines is 1. The zero-order valence-electron chi connectivity index (χ0n) is 8.91. The van der Waals surface area contributed by atoms with Gasteiger partial charge in [0.1, 0.15) is 5.82 Å². The van der Waals surface area contributed by atoms with Crippen molar-refractivity contribution in [2.45, 2.75) is 6.42 Å². The average Bonchev–Trinajstić information content (AvgIpc) is 2.28. The lowest BCUT2D eigenvalue weighted by Gasteiger charge is -2.05. The molecule has 0 unspecified atom stereocenters. The van der Waals surface area contributed by atoms with Gasteiger partial charge in [-0.15, -0.1) is 0 Å². The van der Waals surface area contributed by atoms with Gasteiger partial charge in [-0.2, -0.15) is 11.8 Å². The minimum Gasteiger partial charge on any atom is -0.330 e. The van der Waals surface area contributed by atoms with E-state index in [1.165, 1.54) is 23.9 Å². The number of hydrogen-bond acceptors (Lipinski definition) is 3. The molecular formula is C11H15FN2OS. The van der Waals surface area contributed by atoms with Crippen LogP contribution in [0.4, 0.5) is 10.1 Å². The Labute approximate surface area is 98.6 Å².